The van der Waals surface area contributed by atoms with Crippen molar-refractivity contribution in [1.29, 1.82) is 0 Å². The molecule has 1 aliphatic rings. The summed E-state index contributed by atoms with van der Waals surface area (Å²) in [5, 5.41) is 14.7. The molecule has 0 aliphatic carbocycles. The number of carbonyl (C=O) groups is 2. The van der Waals surface area contributed by atoms with Crippen molar-refractivity contribution in [2.24, 2.45) is 11.8 Å². The summed E-state index contributed by atoms with van der Waals surface area (Å²) in [4.78, 5) is 22.2. The molecular formula is C12H22N2O3. The van der Waals surface area contributed by atoms with Gasteiger partial charge in [-0.05, 0) is 31.7 Å². The quantitative estimate of drug-likeness (QED) is 0.637. The minimum Gasteiger partial charge on any atom is -0.481 e. The van der Waals surface area contributed by atoms with E-state index in [1.54, 1.807) is 0 Å². The SMILES string of the molecule is CC(CCC(=O)O)CNC(=O)[C@@H]1CCCNC1. The zero-order valence-corrected chi connectivity index (χ0v) is 10.4. The average Bonchev–Trinajstić information content (AvgIpc) is 2.34. The van der Waals surface area contributed by atoms with Crippen molar-refractivity contribution >= 4 is 11.9 Å². The minimum absolute atomic E-state index is 0.0791. The molecule has 1 amide bonds. The largest absolute Gasteiger partial charge is 0.481 e. The number of carboxylic acids is 1. The van der Waals surface area contributed by atoms with Gasteiger partial charge in [-0.25, -0.2) is 0 Å². The molecule has 0 spiro atoms. The first-order valence-electron chi connectivity index (χ1n) is 6.30. The summed E-state index contributed by atoms with van der Waals surface area (Å²) in [7, 11) is 0. The van der Waals surface area contributed by atoms with Crippen LogP contribution in [0.2, 0.25) is 0 Å². The van der Waals surface area contributed by atoms with Crippen LogP contribution in [-0.2, 0) is 9.59 Å². The molecule has 1 heterocycles. The number of nitrogens with one attached hydrogen (secondary N) is 2. The van der Waals surface area contributed by atoms with Crippen LogP contribution in [0.25, 0.3) is 0 Å². The van der Waals surface area contributed by atoms with Gasteiger partial charge in [0.2, 0.25) is 5.91 Å². The Hall–Kier alpha value is -1.10. The first kappa shape index (κ1) is 14.0. The lowest BCUT2D eigenvalue weighted by Gasteiger charge is -2.22. The summed E-state index contributed by atoms with van der Waals surface area (Å²) in [6.07, 6.45) is 2.77. The average molecular weight is 242 g/mol. The third-order valence-corrected chi connectivity index (χ3v) is 3.14. The van der Waals surface area contributed by atoms with Crippen LogP contribution >= 0.6 is 0 Å². The first-order chi connectivity index (χ1) is 8.09. The van der Waals surface area contributed by atoms with Crippen LogP contribution in [0.4, 0.5) is 0 Å². The molecule has 0 saturated carbocycles. The van der Waals surface area contributed by atoms with Gasteiger partial charge in [0.15, 0.2) is 0 Å². The second kappa shape index (κ2) is 7.27. The maximum Gasteiger partial charge on any atom is 0.303 e. The van der Waals surface area contributed by atoms with Crippen LogP contribution in [0.5, 0.6) is 0 Å². The van der Waals surface area contributed by atoms with E-state index in [-0.39, 0.29) is 24.2 Å². The molecule has 1 rings (SSSR count). The van der Waals surface area contributed by atoms with Gasteiger partial charge >= 0.3 is 5.97 Å². The Balaban J connectivity index is 2.15. The molecular weight excluding hydrogens is 220 g/mol. The van der Waals surface area contributed by atoms with E-state index in [1.165, 1.54) is 0 Å². The molecule has 1 aliphatic heterocycles. The van der Waals surface area contributed by atoms with Crippen molar-refractivity contribution in [2.75, 3.05) is 19.6 Å². The fourth-order valence-corrected chi connectivity index (χ4v) is 1.97. The molecule has 0 radical (unpaired) electrons. The number of rotatable bonds is 6. The minimum atomic E-state index is -0.778. The second-order valence-electron chi connectivity index (χ2n) is 4.83. The summed E-state index contributed by atoms with van der Waals surface area (Å²) in [6.45, 7) is 4.29. The van der Waals surface area contributed by atoms with Crippen LogP contribution in [0.1, 0.15) is 32.6 Å². The molecule has 3 N–H and O–H groups in total. The van der Waals surface area contributed by atoms with E-state index in [4.69, 9.17) is 5.11 Å². The van der Waals surface area contributed by atoms with E-state index in [1.807, 2.05) is 6.92 Å². The van der Waals surface area contributed by atoms with Crippen molar-refractivity contribution in [1.82, 2.24) is 10.6 Å². The molecule has 0 bridgehead atoms. The molecule has 1 saturated heterocycles. The number of piperidine rings is 1. The molecule has 17 heavy (non-hydrogen) atoms. The van der Waals surface area contributed by atoms with E-state index < -0.39 is 5.97 Å². The van der Waals surface area contributed by atoms with Gasteiger partial charge in [-0.1, -0.05) is 6.92 Å². The maximum atomic E-state index is 11.8. The number of carbonyl (C=O) groups excluding carboxylic acids is 1. The van der Waals surface area contributed by atoms with Crippen molar-refractivity contribution < 1.29 is 14.7 Å². The highest BCUT2D eigenvalue weighted by Gasteiger charge is 2.20. The molecule has 5 nitrogen and oxygen atoms in total. The lowest BCUT2D eigenvalue weighted by atomic mass is 9.98. The standard InChI is InChI=1S/C12H22N2O3/c1-9(4-5-11(15)16)7-14-12(17)10-3-2-6-13-8-10/h9-10,13H,2-8H2,1H3,(H,14,17)(H,15,16)/t9?,10-/m1/s1. The maximum absolute atomic E-state index is 11.8. The zero-order valence-electron chi connectivity index (χ0n) is 10.4. The fraction of sp³-hybridized carbons (Fsp3) is 0.833. The lowest BCUT2D eigenvalue weighted by Crippen LogP contribution is -2.41. The van der Waals surface area contributed by atoms with E-state index >= 15 is 0 Å². The summed E-state index contributed by atoms with van der Waals surface area (Å²) >= 11 is 0. The fourth-order valence-electron chi connectivity index (χ4n) is 1.97. The molecule has 0 aromatic heterocycles. The smallest absolute Gasteiger partial charge is 0.303 e. The van der Waals surface area contributed by atoms with Crippen molar-refractivity contribution in [3.63, 3.8) is 0 Å². The number of hydrogen-bond acceptors (Lipinski definition) is 3. The van der Waals surface area contributed by atoms with Gasteiger partial charge in [0.1, 0.15) is 0 Å². The summed E-state index contributed by atoms with van der Waals surface area (Å²) in [5.41, 5.74) is 0. The van der Waals surface area contributed by atoms with Crippen LogP contribution < -0.4 is 10.6 Å². The number of amides is 1. The van der Waals surface area contributed by atoms with Gasteiger partial charge in [-0.3, -0.25) is 9.59 Å². The van der Waals surface area contributed by atoms with Crippen LogP contribution in [0.15, 0.2) is 0 Å². The third kappa shape index (κ3) is 5.68. The third-order valence-electron chi connectivity index (χ3n) is 3.14. The van der Waals surface area contributed by atoms with E-state index in [9.17, 15) is 9.59 Å². The van der Waals surface area contributed by atoms with Crippen molar-refractivity contribution in [3.8, 4) is 0 Å². The number of carboxylic acid groups (broad SMARTS) is 1. The van der Waals surface area contributed by atoms with Gasteiger partial charge in [0, 0.05) is 19.5 Å². The Morgan fingerprint density at radius 3 is 2.88 bits per heavy atom. The molecule has 1 unspecified atom stereocenters. The highest BCUT2D eigenvalue weighted by Crippen LogP contribution is 2.10. The predicted octanol–water partition coefficient (Wildman–Crippen LogP) is 0.603. The van der Waals surface area contributed by atoms with Gasteiger partial charge in [0.05, 0.1) is 5.92 Å². The second-order valence-corrected chi connectivity index (χ2v) is 4.83. The van der Waals surface area contributed by atoms with Crippen LogP contribution in [0, 0.1) is 11.8 Å². The van der Waals surface area contributed by atoms with E-state index in [0.717, 1.165) is 25.9 Å². The van der Waals surface area contributed by atoms with Gasteiger partial charge in [-0.15, -0.1) is 0 Å². The van der Waals surface area contributed by atoms with Gasteiger partial charge in [-0.2, -0.15) is 0 Å². The summed E-state index contributed by atoms with van der Waals surface area (Å²) in [5.74, 6) is -0.388. The van der Waals surface area contributed by atoms with Crippen molar-refractivity contribution in [3.05, 3.63) is 0 Å². The van der Waals surface area contributed by atoms with Gasteiger partial charge in [0.25, 0.3) is 0 Å². The molecule has 98 valence electrons. The van der Waals surface area contributed by atoms with Crippen LogP contribution in [-0.4, -0.2) is 36.6 Å². The van der Waals surface area contributed by atoms with E-state index in [2.05, 4.69) is 10.6 Å². The molecule has 0 aromatic carbocycles. The zero-order chi connectivity index (χ0) is 12.7. The highest BCUT2D eigenvalue weighted by molar-refractivity contribution is 5.78. The van der Waals surface area contributed by atoms with Gasteiger partial charge < -0.3 is 15.7 Å². The topological polar surface area (TPSA) is 78.4 Å². The molecule has 0 aromatic rings. The summed E-state index contributed by atoms with van der Waals surface area (Å²) < 4.78 is 0. The Kier molecular flexibility index (Phi) is 5.97. The molecule has 1 fully saturated rings. The highest BCUT2D eigenvalue weighted by atomic mass is 16.4. The van der Waals surface area contributed by atoms with Crippen molar-refractivity contribution in [2.45, 2.75) is 32.6 Å². The molecule has 5 heteroatoms. The number of hydrogen-bond donors (Lipinski definition) is 3. The monoisotopic (exact) mass is 242 g/mol. The lowest BCUT2D eigenvalue weighted by molar-refractivity contribution is -0.137. The molecule has 2 atom stereocenters. The Morgan fingerprint density at radius 2 is 2.29 bits per heavy atom. The van der Waals surface area contributed by atoms with Crippen LogP contribution in [0.3, 0.4) is 0 Å². The Bertz CT molecular complexity index is 262. The normalized spacial score (nSPS) is 21.8. The summed E-state index contributed by atoms with van der Waals surface area (Å²) in [6, 6.07) is 0. The van der Waals surface area contributed by atoms with E-state index in [0.29, 0.717) is 13.0 Å². The first-order valence-corrected chi connectivity index (χ1v) is 6.30. The Morgan fingerprint density at radius 1 is 1.53 bits per heavy atom. The Labute approximate surface area is 102 Å². The predicted molar refractivity (Wildman–Crippen MR) is 64.6 cm³/mol. The number of aliphatic carboxylic acids is 1.